The molecule has 0 spiro atoms. The first kappa shape index (κ1) is 21.5. The third-order valence-electron chi connectivity index (χ3n) is 5.15. The van der Waals surface area contributed by atoms with Crippen molar-refractivity contribution in [2.45, 2.75) is 84.0 Å². The summed E-state index contributed by atoms with van der Waals surface area (Å²) in [6, 6.07) is 10.8. The minimum absolute atomic E-state index is 0.290. The van der Waals surface area contributed by atoms with Crippen LogP contribution in [0.4, 0.5) is 0 Å². The van der Waals surface area contributed by atoms with E-state index in [1.165, 1.54) is 18.4 Å². The lowest BCUT2D eigenvalue weighted by molar-refractivity contribution is 0.0837. The van der Waals surface area contributed by atoms with Gasteiger partial charge in [-0.2, -0.15) is 0 Å². The third kappa shape index (κ3) is 8.00. The molecule has 0 radical (unpaired) electrons. The van der Waals surface area contributed by atoms with Gasteiger partial charge in [-0.15, -0.1) is 0 Å². The molecule has 136 valence electrons. The standard InChI is InChI=1S/C20H37BO2Si/c1-7-8-14-19(22-17-18-12-10-9-11-13-18)21-15-16-23-24(5,6)20(2,3)4/h9-13,19,21H,7-8,14-17H2,1-6H3/t19-/m1/s1. The zero-order valence-corrected chi connectivity index (χ0v) is 17.7. The maximum atomic E-state index is 6.29. The van der Waals surface area contributed by atoms with Crippen LogP contribution in [-0.4, -0.2) is 28.2 Å². The van der Waals surface area contributed by atoms with E-state index in [0.29, 0.717) is 11.0 Å². The molecule has 1 atom stereocenters. The minimum atomic E-state index is -1.61. The van der Waals surface area contributed by atoms with Crippen LogP contribution in [0.3, 0.4) is 0 Å². The Morgan fingerprint density at radius 2 is 1.79 bits per heavy atom. The summed E-state index contributed by atoms with van der Waals surface area (Å²) in [7, 11) is -0.516. The van der Waals surface area contributed by atoms with Gasteiger partial charge >= 0.3 is 0 Å². The first-order valence-corrected chi connectivity index (χ1v) is 12.5. The molecule has 1 aromatic rings. The fraction of sp³-hybridized carbons (Fsp3) is 0.700. The molecule has 0 aliphatic carbocycles. The molecule has 0 fully saturated rings. The summed E-state index contributed by atoms with van der Waals surface area (Å²) in [5.74, 6) is 0. The molecular formula is C20H37BO2Si. The molecule has 0 N–H and O–H groups in total. The van der Waals surface area contributed by atoms with Gasteiger partial charge in [0.1, 0.15) is 0 Å². The van der Waals surface area contributed by atoms with Crippen molar-refractivity contribution >= 4 is 15.6 Å². The Morgan fingerprint density at radius 3 is 2.38 bits per heavy atom. The first-order valence-electron chi connectivity index (χ1n) is 9.56. The highest BCUT2D eigenvalue weighted by atomic mass is 28.4. The molecule has 0 aromatic heterocycles. The van der Waals surface area contributed by atoms with Crippen LogP contribution in [-0.2, 0) is 15.8 Å². The van der Waals surface area contributed by atoms with E-state index in [1.807, 2.05) is 0 Å². The smallest absolute Gasteiger partial charge is 0.191 e. The Hall–Kier alpha value is -0.578. The zero-order valence-electron chi connectivity index (χ0n) is 16.7. The molecule has 0 bridgehead atoms. The molecule has 2 nitrogen and oxygen atoms in total. The van der Waals surface area contributed by atoms with E-state index >= 15 is 0 Å². The molecule has 0 aliphatic rings. The van der Waals surface area contributed by atoms with Gasteiger partial charge < -0.3 is 9.16 Å². The van der Waals surface area contributed by atoms with Gasteiger partial charge in [-0.3, -0.25) is 0 Å². The van der Waals surface area contributed by atoms with Crippen LogP contribution in [0.2, 0.25) is 24.5 Å². The Kier molecular flexibility index (Phi) is 9.32. The van der Waals surface area contributed by atoms with Crippen molar-refractivity contribution in [2.24, 2.45) is 0 Å². The molecule has 1 aromatic carbocycles. The lowest BCUT2D eigenvalue weighted by Crippen LogP contribution is -2.41. The number of unbranched alkanes of at least 4 members (excludes halogenated alkanes) is 1. The van der Waals surface area contributed by atoms with Crippen molar-refractivity contribution in [1.29, 1.82) is 0 Å². The quantitative estimate of drug-likeness (QED) is 0.383. The van der Waals surface area contributed by atoms with Crippen molar-refractivity contribution in [2.75, 3.05) is 6.61 Å². The molecule has 24 heavy (non-hydrogen) atoms. The predicted octanol–water partition coefficient (Wildman–Crippen LogP) is 5.60. The number of rotatable bonds is 11. The fourth-order valence-corrected chi connectivity index (χ4v) is 3.47. The zero-order chi connectivity index (χ0) is 18.1. The lowest BCUT2D eigenvalue weighted by atomic mass is 9.67. The van der Waals surface area contributed by atoms with Crippen molar-refractivity contribution in [3.05, 3.63) is 35.9 Å². The lowest BCUT2D eigenvalue weighted by Gasteiger charge is -2.36. The monoisotopic (exact) mass is 348 g/mol. The highest BCUT2D eigenvalue weighted by Gasteiger charge is 2.36. The summed E-state index contributed by atoms with van der Waals surface area (Å²) in [4.78, 5) is 0. The first-order chi connectivity index (χ1) is 11.3. The number of hydrogen-bond acceptors (Lipinski definition) is 2. The van der Waals surface area contributed by atoms with Crippen LogP contribution < -0.4 is 0 Å². The van der Waals surface area contributed by atoms with E-state index in [4.69, 9.17) is 9.16 Å². The van der Waals surface area contributed by atoms with Crippen LogP contribution in [0, 0.1) is 0 Å². The van der Waals surface area contributed by atoms with Gasteiger partial charge in [0.15, 0.2) is 15.6 Å². The Morgan fingerprint density at radius 1 is 1.12 bits per heavy atom. The van der Waals surface area contributed by atoms with Crippen LogP contribution in [0.15, 0.2) is 30.3 Å². The summed E-state index contributed by atoms with van der Waals surface area (Å²) < 4.78 is 12.5. The molecule has 0 amide bonds. The van der Waals surface area contributed by atoms with Gasteiger partial charge in [0, 0.05) is 12.6 Å². The molecular weight excluding hydrogens is 311 g/mol. The topological polar surface area (TPSA) is 18.5 Å². The summed E-state index contributed by atoms with van der Waals surface area (Å²) >= 11 is 0. The largest absolute Gasteiger partial charge is 0.418 e. The summed E-state index contributed by atoms with van der Waals surface area (Å²) in [5, 5.41) is 0.290. The fourth-order valence-electron chi connectivity index (χ4n) is 2.39. The second kappa shape index (κ2) is 10.4. The van der Waals surface area contributed by atoms with E-state index in [0.717, 1.165) is 33.2 Å². The molecule has 0 saturated heterocycles. The Labute approximate surface area is 151 Å². The van der Waals surface area contributed by atoms with Gasteiger partial charge in [0.2, 0.25) is 0 Å². The average Bonchev–Trinajstić information content (AvgIpc) is 2.53. The molecule has 4 heteroatoms. The highest BCUT2D eigenvalue weighted by Crippen LogP contribution is 2.36. The Balaban J connectivity index is 2.37. The van der Waals surface area contributed by atoms with Gasteiger partial charge in [0.05, 0.1) is 6.61 Å². The summed E-state index contributed by atoms with van der Waals surface area (Å²) in [6.07, 6.45) is 4.72. The molecule has 0 unspecified atom stereocenters. The maximum absolute atomic E-state index is 6.29. The molecule has 0 saturated carbocycles. The van der Waals surface area contributed by atoms with Crippen molar-refractivity contribution in [3.63, 3.8) is 0 Å². The number of ether oxygens (including phenoxy) is 1. The van der Waals surface area contributed by atoms with Crippen molar-refractivity contribution < 1.29 is 9.16 Å². The van der Waals surface area contributed by atoms with E-state index in [2.05, 4.69) is 71.1 Å². The predicted molar refractivity (Wildman–Crippen MR) is 110 cm³/mol. The van der Waals surface area contributed by atoms with Crippen molar-refractivity contribution in [1.82, 2.24) is 0 Å². The van der Waals surface area contributed by atoms with E-state index in [1.54, 1.807) is 0 Å². The molecule has 0 heterocycles. The van der Waals surface area contributed by atoms with E-state index in [9.17, 15) is 0 Å². The van der Waals surface area contributed by atoms with Gasteiger partial charge in [0.25, 0.3) is 0 Å². The summed E-state index contributed by atoms with van der Waals surface area (Å²) in [6.45, 7) is 15.4. The van der Waals surface area contributed by atoms with Crippen LogP contribution in [0.5, 0.6) is 0 Å². The molecule has 0 aliphatic heterocycles. The third-order valence-corrected chi connectivity index (χ3v) is 9.69. The molecule has 1 rings (SSSR count). The summed E-state index contributed by atoms with van der Waals surface area (Å²) in [5.41, 5.74) is 1.26. The van der Waals surface area contributed by atoms with E-state index in [-0.39, 0.29) is 0 Å². The maximum Gasteiger partial charge on any atom is 0.191 e. The van der Waals surface area contributed by atoms with Crippen LogP contribution >= 0.6 is 0 Å². The van der Waals surface area contributed by atoms with Crippen LogP contribution in [0.1, 0.15) is 52.5 Å². The van der Waals surface area contributed by atoms with Crippen LogP contribution in [0.25, 0.3) is 0 Å². The number of hydrogen-bond donors (Lipinski definition) is 0. The van der Waals surface area contributed by atoms with Gasteiger partial charge in [-0.05, 0) is 30.1 Å². The second-order valence-corrected chi connectivity index (χ2v) is 13.1. The van der Waals surface area contributed by atoms with Gasteiger partial charge in [-0.25, -0.2) is 0 Å². The van der Waals surface area contributed by atoms with Crippen molar-refractivity contribution in [3.8, 4) is 0 Å². The van der Waals surface area contributed by atoms with E-state index < -0.39 is 8.32 Å². The second-order valence-electron chi connectivity index (χ2n) is 8.31. The SMILES string of the molecule is CCCC[C@H](BCCO[Si](C)(C)C(C)(C)C)OCc1ccccc1. The highest BCUT2D eigenvalue weighted by molar-refractivity contribution is 6.74. The normalized spacial score (nSPS) is 13.8. The average molecular weight is 348 g/mol. The van der Waals surface area contributed by atoms with Gasteiger partial charge in [-0.1, -0.05) is 77.2 Å². The number of benzene rings is 1. The Bertz CT molecular complexity index is 443. The minimum Gasteiger partial charge on any atom is -0.418 e.